The smallest absolute Gasteiger partial charge is 0.317 e. The number of amides is 2. The van der Waals surface area contributed by atoms with Crippen molar-refractivity contribution < 1.29 is 13.7 Å². The number of rotatable bonds is 4. The van der Waals surface area contributed by atoms with E-state index in [4.69, 9.17) is 4.74 Å². The maximum absolute atomic E-state index is 12.4. The van der Waals surface area contributed by atoms with E-state index in [0.717, 1.165) is 11.3 Å². The maximum Gasteiger partial charge on any atom is 0.317 e. The number of hydrogen-bond acceptors (Lipinski definition) is 3. The third kappa shape index (κ3) is 4.70. The lowest BCUT2D eigenvalue weighted by atomic mass is 10.2. The highest BCUT2D eigenvalue weighted by Gasteiger charge is 2.32. The van der Waals surface area contributed by atoms with Gasteiger partial charge in [0.15, 0.2) is 0 Å². The predicted molar refractivity (Wildman–Crippen MR) is 93.1 cm³/mol. The molecular formula is C17H26N2O3S. The van der Waals surface area contributed by atoms with Crippen LogP contribution in [0.2, 0.25) is 0 Å². The molecule has 0 spiro atoms. The Morgan fingerprint density at radius 2 is 2.17 bits per heavy atom. The van der Waals surface area contributed by atoms with Crippen LogP contribution in [0.5, 0.6) is 5.75 Å². The molecule has 2 rings (SSSR count). The van der Waals surface area contributed by atoms with Crippen molar-refractivity contribution in [2.24, 2.45) is 0 Å². The van der Waals surface area contributed by atoms with Gasteiger partial charge in [0, 0.05) is 35.7 Å². The number of nitrogens with one attached hydrogen (secondary N) is 1. The zero-order valence-electron chi connectivity index (χ0n) is 14.2. The van der Waals surface area contributed by atoms with E-state index >= 15 is 0 Å². The number of carbonyl (C=O) groups excluding carboxylic acids is 1. The van der Waals surface area contributed by atoms with Crippen molar-refractivity contribution in [1.82, 2.24) is 10.2 Å². The van der Waals surface area contributed by atoms with Gasteiger partial charge in [0.25, 0.3) is 0 Å². The van der Waals surface area contributed by atoms with Gasteiger partial charge in [0.2, 0.25) is 0 Å². The molecule has 1 saturated heterocycles. The predicted octanol–water partition coefficient (Wildman–Crippen LogP) is 2.52. The highest BCUT2D eigenvalue weighted by Crippen LogP contribution is 2.17. The summed E-state index contributed by atoms with van der Waals surface area (Å²) < 4.78 is 17.5. The lowest BCUT2D eigenvalue weighted by molar-refractivity contribution is 0.179. The molecule has 6 heteroatoms. The Bertz CT molecular complexity index is 577. The Morgan fingerprint density at radius 1 is 1.43 bits per heavy atom. The molecule has 1 aliphatic heterocycles. The summed E-state index contributed by atoms with van der Waals surface area (Å²) in [6.45, 7) is 8.86. The molecule has 1 aromatic rings. The number of ether oxygens (including phenoxy) is 1. The van der Waals surface area contributed by atoms with Gasteiger partial charge in [-0.2, -0.15) is 0 Å². The third-order valence-electron chi connectivity index (χ3n) is 4.09. The normalized spacial score (nSPS) is 24.6. The van der Waals surface area contributed by atoms with E-state index in [0.29, 0.717) is 18.8 Å². The lowest BCUT2D eigenvalue weighted by Gasteiger charge is -2.37. The zero-order chi connectivity index (χ0) is 17.0. The second-order valence-electron chi connectivity index (χ2n) is 6.20. The van der Waals surface area contributed by atoms with E-state index in [2.05, 4.69) is 5.32 Å². The molecule has 1 heterocycles. The van der Waals surface area contributed by atoms with Crippen LogP contribution in [0, 0.1) is 0 Å². The number of carbonyl (C=O) groups is 1. The topological polar surface area (TPSA) is 58.6 Å². The van der Waals surface area contributed by atoms with Crippen molar-refractivity contribution in [2.75, 3.05) is 12.3 Å². The van der Waals surface area contributed by atoms with Crippen molar-refractivity contribution in [1.29, 1.82) is 0 Å². The van der Waals surface area contributed by atoms with E-state index in [1.54, 1.807) is 4.90 Å². The largest absolute Gasteiger partial charge is 0.491 e. The number of urea groups is 1. The van der Waals surface area contributed by atoms with Gasteiger partial charge in [-0.1, -0.05) is 12.1 Å². The molecule has 0 aromatic heterocycles. The molecule has 0 saturated carbocycles. The fourth-order valence-electron chi connectivity index (χ4n) is 2.62. The Kier molecular flexibility index (Phi) is 6.04. The van der Waals surface area contributed by atoms with Crippen LogP contribution >= 0.6 is 0 Å². The molecule has 1 aromatic carbocycles. The molecule has 1 aliphatic rings. The van der Waals surface area contributed by atoms with Crippen molar-refractivity contribution in [3.8, 4) is 5.75 Å². The van der Waals surface area contributed by atoms with Crippen molar-refractivity contribution in [2.45, 2.75) is 51.6 Å². The Balaban J connectivity index is 1.93. The van der Waals surface area contributed by atoms with Gasteiger partial charge < -0.3 is 15.0 Å². The SMILES string of the molecule is CC(C)Oc1cccc(CNC(=O)N2CC[S@](=O)[C@H](C)[C@H]2C)c1. The van der Waals surface area contributed by atoms with Crippen molar-refractivity contribution in [3.05, 3.63) is 29.8 Å². The van der Waals surface area contributed by atoms with Gasteiger partial charge >= 0.3 is 6.03 Å². The first kappa shape index (κ1) is 17.8. The number of benzene rings is 1. The van der Waals surface area contributed by atoms with Gasteiger partial charge in [-0.25, -0.2) is 4.79 Å². The Morgan fingerprint density at radius 3 is 2.87 bits per heavy atom. The monoisotopic (exact) mass is 338 g/mol. The molecule has 2 amide bonds. The second-order valence-corrected chi connectivity index (χ2v) is 8.11. The Labute approximate surface area is 140 Å². The average Bonchev–Trinajstić information content (AvgIpc) is 2.50. The molecule has 0 bridgehead atoms. The Hall–Kier alpha value is -1.56. The van der Waals surface area contributed by atoms with Crippen LogP contribution in [-0.4, -0.2) is 44.8 Å². The van der Waals surface area contributed by atoms with Crippen LogP contribution in [0.1, 0.15) is 33.3 Å². The van der Waals surface area contributed by atoms with Gasteiger partial charge in [-0.05, 0) is 45.4 Å². The molecule has 3 atom stereocenters. The molecule has 128 valence electrons. The minimum atomic E-state index is -0.839. The quantitative estimate of drug-likeness (QED) is 0.918. The van der Waals surface area contributed by atoms with E-state index in [1.165, 1.54) is 0 Å². The van der Waals surface area contributed by atoms with Gasteiger partial charge in [-0.15, -0.1) is 0 Å². The van der Waals surface area contributed by atoms with Crippen LogP contribution in [0.4, 0.5) is 4.79 Å². The lowest BCUT2D eigenvalue weighted by Crippen LogP contribution is -2.55. The van der Waals surface area contributed by atoms with Crippen LogP contribution < -0.4 is 10.1 Å². The van der Waals surface area contributed by atoms with E-state index in [-0.39, 0.29) is 23.4 Å². The highest BCUT2D eigenvalue weighted by atomic mass is 32.2. The first-order chi connectivity index (χ1) is 10.9. The summed E-state index contributed by atoms with van der Waals surface area (Å²) >= 11 is 0. The minimum absolute atomic E-state index is 0.0114. The second kappa shape index (κ2) is 7.81. The van der Waals surface area contributed by atoms with E-state index in [9.17, 15) is 9.00 Å². The van der Waals surface area contributed by atoms with Gasteiger partial charge in [0.1, 0.15) is 5.75 Å². The molecule has 1 fully saturated rings. The number of nitrogens with zero attached hydrogens (tertiary/aromatic N) is 1. The summed E-state index contributed by atoms with van der Waals surface area (Å²) in [5.41, 5.74) is 0.998. The van der Waals surface area contributed by atoms with Crippen LogP contribution in [0.15, 0.2) is 24.3 Å². The summed E-state index contributed by atoms with van der Waals surface area (Å²) in [4.78, 5) is 14.2. The first-order valence-corrected chi connectivity index (χ1v) is 9.44. The highest BCUT2D eigenvalue weighted by molar-refractivity contribution is 7.85. The van der Waals surface area contributed by atoms with E-state index < -0.39 is 10.8 Å². The van der Waals surface area contributed by atoms with Crippen molar-refractivity contribution >= 4 is 16.8 Å². The summed E-state index contributed by atoms with van der Waals surface area (Å²) in [6, 6.07) is 7.63. The van der Waals surface area contributed by atoms with Gasteiger partial charge in [0.05, 0.1) is 11.4 Å². The standard InChI is InChI=1S/C17H26N2O3S/c1-12(2)22-16-7-5-6-15(10-16)11-18-17(20)19-8-9-23(21)14(4)13(19)3/h5-7,10,12-14H,8-9,11H2,1-4H3,(H,18,20)/t13-,14-,23+/m1/s1. The molecule has 0 aliphatic carbocycles. The molecule has 0 radical (unpaired) electrons. The van der Waals surface area contributed by atoms with Crippen LogP contribution in [0.3, 0.4) is 0 Å². The molecule has 0 unspecified atom stereocenters. The average molecular weight is 338 g/mol. The fourth-order valence-corrected chi connectivity index (χ4v) is 3.95. The van der Waals surface area contributed by atoms with E-state index in [1.807, 2.05) is 52.0 Å². The summed E-state index contributed by atoms with van der Waals surface area (Å²) in [6.07, 6.45) is 0.122. The third-order valence-corrected chi connectivity index (χ3v) is 5.90. The first-order valence-electron chi connectivity index (χ1n) is 8.05. The molecular weight excluding hydrogens is 312 g/mol. The zero-order valence-corrected chi connectivity index (χ0v) is 15.1. The molecule has 1 N–H and O–H groups in total. The number of hydrogen-bond donors (Lipinski definition) is 1. The summed E-state index contributed by atoms with van der Waals surface area (Å²) in [5.74, 6) is 1.36. The van der Waals surface area contributed by atoms with Gasteiger partial charge in [-0.3, -0.25) is 4.21 Å². The molecule has 5 nitrogen and oxygen atoms in total. The fraction of sp³-hybridized carbons (Fsp3) is 0.588. The van der Waals surface area contributed by atoms with Crippen LogP contribution in [0.25, 0.3) is 0 Å². The van der Waals surface area contributed by atoms with Crippen molar-refractivity contribution in [3.63, 3.8) is 0 Å². The maximum atomic E-state index is 12.4. The molecule has 23 heavy (non-hydrogen) atoms. The summed E-state index contributed by atoms with van der Waals surface area (Å²) in [5, 5.41) is 2.96. The minimum Gasteiger partial charge on any atom is -0.491 e. The summed E-state index contributed by atoms with van der Waals surface area (Å²) in [7, 11) is -0.839. The van der Waals surface area contributed by atoms with Crippen LogP contribution in [-0.2, 0) is 17.3 Å².